The van der Waals surface area contributed by atoms with Crippen LogP contribution in [0.1, 0.15) is 15.9 Å². The Labute approximate surface area is 100 Å². The minimum atomic E-state index is -0.945. The highest BCUT2D eigenvalue weighted by molar-refractivity contribution is 5.89. The third kappa shape index (κ3) is 3.79. The molecule has 0 saturated carbocycles. The fourth-order valence-electron chi connectivity index (χ4n) is 1.41. The van der Waals surface area contributed by atoms with Crippen LogP contribution in [0.5, 0.6) is 0 Å². The molecule has 0 spiro atoms. The molecule has 0 unspecified atom stereocenters. The average Bonchev–Trinajstić information content (AvgIpc) is 2.29. The molecule has 2 N–H and O–H groups in total. The van der Waals surface area contributed by atoms with Crippen LogP contribution in [0.2, 0.25) is 0 Å². The SMILES string of the molecule is CN(C)C(=O)NCCc1ccccc1C(=O)O. The lowest BCUT2D eigenvalue weighted by molar-refractivity contribution is 0.0695. The number of urea groups is 1. The summed E-state index contributed by atoms with van der Waals surface area (Å²) in [6, 6.07) is 6.61. The van der Waals surface area contributed by atoms with E-state index in [1.54, 1.807) is 38.4 Å². The summed E-state index contributed by atoms with van der Waals surface area (Å²) in [5.74, 6) is -0.945. The molecule has 0 atom stereocenters. The van der Waals surface area contributed by atoms with E-state index < -0.39 is 5.97 Å². The quantitative estimate of drug-likeness (QED) is 0.825. The average molecular weight is 236 g/mol. The molecule has 0 fully saturated rings. The molecule has 5 nitrogen and oxygen atoms in total. The van der Waals surface area contributed by atoms with Crippen molar-refractivity contribution in [3.63, 3.8) is 0 Å². The number of carbonyl (C=O) groups excluding carboxylic acids is 1. The van der Waals surface area contributed by atoms with E-state index in [-0.39, 0.29) is 11.6 Å². The summed E-state index contributed by atoms with van der Waals surface area (Å²) in [7, 11) is 3.31. The van der Waals surface area contributed by atoms with Crippen LogP contribution in [-0.2, 0) is 6.42 Å². The summed E-state index contributed by atoms with van der Waals surface area (Å²) in [4.78, 5) is 23.6. The predicted molar refractivity (Wildman–Crippen MR) is 64.2 cm³/mol. The van der Waals surface area contributed by atoms with E-state index in [2.05, 4.69) is 5.32 Å². The normalized spacial score (nSPS) is 9.76. The summed E-state index contributed by atoms with van der Waals surface area (Å²) in [6.45, 7) is 0.418. The molecule has 0 heterocycles. The van der Waals surface area contributed by atoms with Crippen molar-refractivity contribution in [2.75, 3.05) is 20.6 Å². The van der Waals surface area contributed by atoms with Crippen LogP contribution in [0.3, 0.4) is 0 Å². The van der Waals surface area contributed by atoms with Gasteiger partial charge in [0.15, 0.2) is 0 Å². The Morgan fingerprint density at radius 2 is 1.94 bits per heavy atom. The fraction of sp³-hybridized carbons (Fsp3) is 0.333. The highest BCUT2D eigenvalue weighted by Crippen LogP contribution is 2.08. The molecule has 0 aliphatic rings. The number of nitrogens with zero attached hydrogens (tertiary/aromatic N) is 1. The minimum absolute atomic E-state index is 0.183. The number of carbonyl (C=O) groups is 2. The Bertz CT molecular complexity index is 416. The second-order valence-corrected chi connectivity index (χ2v) is 3.84. The van der Waals surface area contributed by atoms with Crippen molar-refractivity contribution in [2.24, 2.45) is 0 Å². The van der Waals surface area contributed by atoms with E-state index in [1.165, 1.54) is 4.90 Å². The van der Waals surface area contributed by atoms with Crippen LogP contribution in [0.15, 0.2) is 24.3 Å². The zero-order valence-electron chi connectivity index (χ0n) is 9.93. The first-order valence-corrected chi connectivity index (χ1v) is 5.28. The molecular weight excluding hydrogens is 220 g/mol. The van der Waals surface area contributed by atoms with Crippen molar-refractivity contribution in [3.05, 3.63) is 35.4 Å². The largest absolute Gasteiger partial charge is 0.478 e. The molecular formula is C12H16N2O3. The first kappa shape index (κ1) is 13.0. The number of hydrogen-bond acceptors (Lipinski definition) is 2. The van der Waals surface area contributed by atoms with E-state index in [9.17, 15) is 9.59 Å². The second-order valence-electron chi connectivity index (χ2n) is 3.84. The molecule has 0 saturated heterocycles. The van der Waals surface area contributed by atoms with Crippen molar-refractivity contribution < 1.29 is 14.7 Å². The predicted octanol–water partition coefficient (Wildman–Crippen LogP) is 1.20. The van der Waals surface area contributed by atoms with Gasteiger partial charge in [-0.1, -0.05) is 18.2 Å². The maximum absolute atomic E-state index is 11.3. The van der Waals surface area contributed by atoms with Crippen LogP contribution in [0.4, 0.5) is 4.79 Å². The monoisotopic (exact) mass is 236 g/mol. The molecule has 2 amide bonds. The first-order valence-electron chi connectivity index (χ1n) is 5.28. The van der Waals surface area contributed by atoms with Crippen LogP contribution >= 0.6 is 0 Å². The van der Waals surface area contributed by atoms with E-state index in [0.717, 1.165) is 5.56 Å². The van der Waals surface area contributed by atoms with Gasteiger partial charge in [0, 0.05) is 20.6 Å². The van der Waals surface area contributed by atoms with Crippen LogP contribution < -0.4 is 5.32 Å². The summed E-state index contributed by atoms with van der Waals surface area (Å²) in [6.07, 6.45) is 0.502. The van der Waals surface area contributed by atoms with Gasteiger partial charge in [-0.05, 0) is 18.1 Å². The maximum Gasteiger partial charge on any atom is 0.335 e. The number of rotatable bonds is 4. The van der Waals surface area contributed by atoms with Crippen molar-refractivity contribution in [1.82, 2.24) is 10.2 Å². The highest BCUT2D eigenvalue weighted by Gasteiger charge is 2.09. The molecule has 1 aromatic rings. The lowest BCUT2D eigenvalue weighted by Gasteiger charge is -2.12. The van der Waals surface area contributed by atoms with Gasteiger partial charge in [0.1, 0.15) is 0 Å². The molecule has 5 heteroatoms. The zero-order valence-corrected chi connectivity index (χ0v) is 9.93. The van der Waals surface area contributed by atoms with E-state index in [0.29, 0.717) is 13.0 Å². The third-order valence-corrected chi connectivity index (χ3v) is 2.32. The lowest BCUT2D eigenvalue weighted by Crippen LogP contribution is -2.35. The minimum Gasteiger partial charge on any atom is -0.478 e. The standard InChI is InChI=1S/C12H16N2O3/c1-14(2)12(17)13-8-7-9-5-3-4-6-10(9)11(15)16/h3-6H,7-8H2,1-2H3,(H,13,17)(H,15,16). The smallest absolute Gasteiger partial charge is 0.335 e. The van der Waals surface area contributed by atoms with Gasteiger partial charge in [0.05, 0.1) is 5.56 Å². The summed E-state index contributed by atoms with van der Waals surface area (Å²) < 4.78 is 0. The van der Waals surface area contributed by atoms with Gasteiger partial charge in [-0.25, -0.2) is 9.59 Å². The third-order valence-electron chi connectivity index (χ3n) is 2.32. The number of benzene rings is 1. The van der Waals surface area contributed by atoms with Crippen molar-refractivity contribution in [2.45, 2.75) is 6.42 Å². The maximum atomic E-state index is 11.3. The highest BCUT2D eigenvalue weighted by atomic mass is 16.4. The van der Waals surface area contributed by atoms with E-state index in [4.69, 9.17) is 5.11 Å². The second kappa shape index (κ2) is 5.89. The van der Waals surface area contributed by atoms with Crippen molar-refractivity contribution in [3.8, 4) is 0 Å². The van der Waals surface area contributed by atoms with Gasteiger partial charge in [-0.15, -0.1) is 0 Å². The molecule has 0 aliphatic heterocycles. The first-order chi connectivity index (χ1) is 8.02. The number of hydrogen-bond donors (Lipinski definition) is 2. The lowest BCUT2D eigenvalue weighted by atomic mass is 10.0. The number of amides is 2. The Morgan fingerprint density at radius 1 is 1.29 bits per heavy atom. The Kier molecular flexibility index (Phi) is 4.51. The van der Waals surface area contributed by atoms with Gasteiger partial charge in [-0.3, -0.25) is 0 Å². The van der Waals surface area contributed by atoms with Crippen LogP contribution in [0, 0.1) is 0 Å². The van der Waals surface area contributed by atoms with Gasteiger partial charge in [0.25, 0.3) is 0 Å². The number of carboxylic acid groups (broad SMARTS) is 1. The number of carboxylic acids is 1. The van der Waals surface area contributed by atoms with Crippen LogP contribution in [0.25, 0.3) is 0 Å². The van der Waals surface area contributed by atoms with Crippen molar-refractivity contribution >= 4 is 12.0 Å². The molecule has 0 aromatic heterocycles. The molecule has 0 radical (unpaired) electrons. The number of aromatic carboxylic acids is 1. The van der Waals surface area contributed by atoms with Crippen LogP contribution in [-0.4, -0.2) is 42.6 Å². The van der Waals surface area contributed by atoms with Crippen molar-refractivity contribution in [1.29, 1.82) is 0 Å². The summed E-state index contributed by atoms with van der Waals surface area (Å²) in [5.41, 5.74) is 1.01. The zero-order chi connectivity index (χ0) is 12.8. The molecule has 1 rings (SSSR count). The molecule has 1 aromatic carbocycles. The van der Waals surface area contributed by atoms with Gasteiger partial charge in [0.2, 0.25) is 0 Å². The Morgan fingerprint density at radius 3 is 2.53 bits per heavy atom. The van der Waals surface area contributed by atoms with Gasteiger partial charge in [-0.2, -0.15) is 0 Å². The Hall–Kier alpha value is -2.04. The topological polar surface area (TPSA) is 69.6 Å². The van der Waals surface area contributed by atoms with E-state index >= 15 is 0 Å². The van der Waals surface area contributed by atoms with E-state index in [1.807, 2.05) is 0 Å². The molecule has 0 bridgehead atoms. The molecule has 0 aliphatic carbocycles. The Balaban J connectivity index is 2.58. The number of nitrogens with one attached hydrogen (secondary N) is 1. The van der Waals surface area contributed by atoms with Gasteiger partial charge >= 0.3 is 12.0 Å². The summed E-state index contributed by atoms with van der Waals surface area (Å²) in [5, 5.41) is 11.7. The molecule has 17 heavy (non-hydrogen) atoms. The van der Waals surface area contributed by atoms with Gasteiger partial charge < -0.3 is 15.3 Å². The fourth-order valence-corrected chi connectivity index (χ4v) is 1.41. The summed E-state index contributed by atoms with van der Waals surface area (Å²) >= 11 is 0. The molecule has 92 valence electrons.